The number of aliphatic imine (C=N–C) groups is 1. The molecule has 0 aliphatic rings. The molecule has 0 aromatic carbocycles. The molecule has 0 unspecified atom stereocenters. The summed E-state index contributed by atoms with van der Waals surface area (Å²) in [6.07, 6.45) is 7.08. The van der Waals surface area contributed by atoms with Gasteiger partial charge in [-0.1, -0.05) is 0 Å². The number of halogens is 1. The molecule has 0 saturated carbocycles. The molecule has 1 atom stereocenters. The predicted octanol–water partition coefficient (Wildman–Crippen LogP) is 2.15. The molecule has 2 aromatic rings. The lowest BCUT2D eigenvalue weighted by Crippen LogP contribution is -2.19. The normalized spacial score (nSPS) is 12.8. The van der Waals surface area contributed by atoms with Gasteiger partial charge in [0.15, 0.2) is 11.5 Å². The summed E-state index contributed by atoms with van der Waals surface area (Å²) in [7, 11) is 3.82. The van der Waals surface area contributed by atoms with Crippen molar-refractivity contribution in [2.24, 2.45) is 4.99 Å². The molecule has 0 spiro atoms. The third kappa shape index (κ3) is 6.51. The molecule has 0 bridgehead atoms. The Hall–Kier alpha value is -1.27. The van der Waals surface area contributed by atoms with Gasteiger partial charge in [-0.25, -0.2) is 19.6 Å². The summed E-state index contributed by atoms with van der Waals surface area (Å²) in [5.41, 5.74) is 0.781. The van der Waals surface area contributed by atoms with Gasteiger partial charge in [0.25, 0.3) is 0 Å². The van der Waals surface area contributed by atoms with E-state index in [1.54, 1.807) is 12.5 Å². The van der Waals surface area contributed by atoms with Crippen molar-refractivity contribution in [2.45, 2.75) is 38.7 Å². The zero-order valence-corrected chi connectivity index (χ0v) is 17.0. The SMILES string of the molecule is CB(I)OC[C@@H](O)CCCCn1ncc2c(/N=C/N(C)C)ncnc21. The summed E-state index contributed by atoms with van der Waals surface area (Å²) in [6, 6.07) is 0. The molecular weight excluding hydrogens is 434 g/mol. The number of hydrogen-bond donors (Lipinski definition) is 1. The van der Waals surface area contributed by atoms with Crippen LogP contribution in [-0.4, -0.2) is 67.7 Å². The highest BCUT2D eigenvalue weighted by molar-refractivity contribution is 14.1. The monoisotopic (exact) mass is 458 g/mol. The first-order valence-electron chi connectivity index (χ1n) is 8.28. The van der Waals surface area contributed by atoms with E-state index in [1.807, 2.05) is 30.5 Å². The average molecular weight is 458 g/mol. The number of aryl methyl sites for hydroxylation is 1. The Morgan fingerprint density at radius 1 is 1.44 bits per heavy atom. The Kier molecular flexibility index (Phi) is 8.04. The van der Waals surface area contributed by atoms with Crippen molar-refractivity contribution in [1.29, 1.82) is 0 Å². The van der Waals surface area contributed by atoms with E-state index in [4.69, 9.17) is 4.65 Å². The van der Waals surface area contributed by atoms with E-state index in [2.05, 4.69) is 42.4 Å². The van der Waals surface area contributed by atoms with Gasteiger partial charge < -0.3 is 14.7 Å². The fourth-order valence-electron chi connectivity index (χ4n) is 2.29. The van der Waals surface area contributed by atoms with E-state index in [1.165, 1.54) is 6.33 Å². The number of aliphatic hydroxyl groups excluding tert-OH is 1. The number of rotatable bonds is 10. The Labute approximate surface area is 161 Å². The van der Waals surface area contributed by atoms with Gasteiger partial charge in [0.1, 0.15) is 6.33 Å². The first-order chi connectivity index (χ1) is 12.0. The molecule has 2 heterocycles. The zero-order valence-electron chi connectivity index (χ0n) is 14.8. The standard InChI is InChI=1S/C15H24BIN6O2/c1-16(17)25-9-12(24)6-4-5-7-23-15-13(8-21-23)14(18-10-19-15)20-11-22(2)3/h8,10-12,24H,4-7,9H2,1-3H3/b20-11+/t12-/m0/s1. The van der Waals surface area contributed by atoms with Crippen molar-refractivity contribution in [3.63, 3.8) is 0 Å². The lowest BCUT2D eigenvalue weighted by molar-refractivity contribution is 0.0994. The fraction of sp³-hybridized carbons (Fsp3) is 0.600. The number of fused-ring (bicyclic) bond motifs is 1. The number of aliphatic hydroxyl groups is 1. The average Bonchev–Trinajstić information content (AvgIpc) is 2.98. The first-order valence-corrected chi connectivity index (χ1v) is 9.53. The van der Waals surface area contributed by atoms with Gasteiger partial charge in [-0.2, -0.15) is 5.10 Å². The maximum absolute atomic E-state index is 9.88. The van der Waals surface area contributed by atoms with Crippen molar-refractivity contribution in [3.8, 4) is 0 Å². The van der Waals surface area contributed by atoms with E-state index in [-0.39, 0.29) is 4.77 Å². The van der Waals surface area contributed by atoms with Crippen molar-refractivity contribution in [3.05, 3.63) is 12.5 Å². The van der Waals surface area contributed by atoms with Crippen LogP contribution in [0.4, 0.5) is 5.82 Å². The van der Waals surface area contributed by atoms with Crippen LogP contribution in [-0.2, 0) is 11.2 Å². The second kappa shape index (κ2) is 10.0. The Morgan fingerprint density at radius 3 is 2.96 bits per heavy atom. The number of nitrogens with zero attached hydrogens (tertiary/aromatic N) is 6. The third-order valence-electron chi connectivity index (χ3n) is 3.50. The van der Waals surface area contributed by atoms with E-state index in [0.717, 1.165) is 36.8 Å². The van der Waals surface area contributed by atoms with E-state index >= 15 is 0 Å². The molecule has 1 N–H and O–H groups in total. The van der Waals surface area contributed by atoms with Crippen LogP contribution >= 0.6 is 22.4 Å². The smallest absolute Gasteiger partial charge is 0.361 e. The fourth-order valence-corrected chi connectivity index (χ4v) is 2.49. The second-order valence-corrected chi connectivity index (χ2v) is 7.79. The zero-order chi connectivity index (χ0) is 18.2. The van der Waals surface area contributed by atoms with E-state index in [0.29, 0.717) is 12.4 Å². The minimum atomic E-state index is -0.416. The van der Waals surface area contributed by atoms with Crippen LogP contribution in [0, 0.1) is 0 Å². The third-order valence-corrected chi connectivity index (χ3v) is 3.86. The molecule has 2 rings (SSSR count). The molecule has 0 aliphatic carbocycles. The highest BCUT2D eigenvalue weighted by Gasteiger charge is 2.10. The predicted molar refractivity (Wildman–Crippen MR) is 109 cm³/mol. The molecule has 0 amide bonds. The number of hydrogen-bond acceptors (Lipinski definition) is 6. The summed E-state index contributed by atoms with van der Waals surface area (Å²) in [5, 5.41) is 15.1. The molecule has 0 saturated heterocycles. The molecule has 25 heavy (non-hydrogen) atoms. The summed E-state index contributed by atoms with van der Waals surface area (Å²) in [6.45, 7) is 3.08. The van der Waals surface area contributed by atoms with Crippen LogP contribution in [0.1, 0.15) is 19.3 Å². The van der Waals surface area contributed by atoms with Crippen molar-refractivity contribution >= 4 is 50.3 Å². The molecule has 0 aliphatic heterocycles. The highest BCUT2D eigenvalue weighted by Crippen LogP contribution is 2.21. The van der Waals surface area contributed by atoms with Gasteiger partial charge in [0.2, 0.25) is 0 Å². The van der Waals surface area contributed by atoms with Crippen LogP contribution in [0.5, 0.6) is 0 Å². The lowest BCUT2D eigenvalue weighted by atomic mass is 10.1. The minimum Gasteiger partial charge on any atom is -0.423 e. The van der Waals surface area contributed by atoms with Crippen LogP contribution < -0.4 is 0 Å². The van der Waals surface area contributed by atoms with Crippen molar-refractivity contribution < 1.29 is 9.76 Å². The van der Waals surface area contributed by atoms with Crippen LogP contribution in [0.25, 0.3) is 11.0 Å². The van der Waals surface area contributed by atoms with Gasteiger partial charge in [-0.3, -0.25) is 0 Å². The quantitative estimate of drug-likeness (QED) is 0.193. The van der Waals surface area contributed by atoms with E-state index in [9.17, 15) is 5.11 Å². The summed E-state index contributed by atoms with van der Waals surface area (Å²) < 4.78 is 7.38. The van der Waals surface area contributed by atoms with Crippen molar-refractivity contribution in [1.82, 2.24) is 24.6 Å². The molecule has 0 radical (unpaired) electrons. The van der Waals surface area contributed by atoms with Gasteiger partial charge in [0.05, 0.1) is 30.6 Å². The van der Waals surface area contributed by atoms with Crippen molar-refractivity contribution in [2.75, 3.05) is 20.7 Å². The molecule has 0 fully saturated rings. The number of aromatic nitrogens is 4. The summed E-state index contributed by atoms with van der Waals surface area (Å²) in [4.78, 5) is 14.7. The Bertz CT molecular complexity index is 694. The Morgan fingerprint density at radius 2 is 2.24 bits per heavy atom. The summed E-state index contributed by atoms with van der Waals surface area (Å²) in [5.74, 6) is 0.616. The number of unbranched alkanes of at least 4 members (excludes halogenated alkanes) is 1. The molecule has 136 valence electrons. The molecule has 2 aromatic heterocycles. The van der Waals surface area contributed by atoms with Gasteiger partial charge in [-0.15, -0.1) is 22.4 Å². The van der Waals surface area contributed by atoms with Crippen LogP contribution in [0.2, 0.25) is 6.82 Å². The highest BCUT2D eigenvalue weighted by atomic mass is 127. The molecule has 10 heteroatoms. The van der Waals surface area contributed by atoms with Gasteiger partial charge in [0, 0.05) is 20.6 Å². The van der Waals surface area contributed by atoms with Crippen LogP contribution in [0.15, 0.2) is 17.5 Å². The minimum absolute atomic E-state index is 0.117. The lowest BCUT2D eigenvalue weighted by Gasteiger charge is -2.11. The first kappa shape index (κ1) is 20.1. The Balaban J connectivity index is 1.89. The molecule has 8 nitrogen and oxygen atoms in total. The maximum atomic E-state index is 9.88. The van der Waals surface area contributed by atoms with Gasteiger partial charge in [-0.05, 0) is 26.1 Å². The van der Waals surface area contributed by atoms with E-state index < -0.39 is 6.10 Å². The van der Waals surface area contributed by atoms with Gasteiger partial charge >= 0.3 is 4.77 Å². The largest absolute Gasteiger partial charge is 0.423 e. The topological polar surface area (TPSA) is 88.7 Å². The molecular formula is C15H24BIN6O2. The maximum Gasteiger partial charge on any atom is 0.361 e. The second-order valence-electron chi connectivity index (χ2n) is 6.04. The summed E-state index contributed by atoms with van der Waals surface area (Å²) >= 11 is 2.18. The van der Waals surface area contributed by atoms with Crippen LogP contribution in [0.3, 0.4) is 0 Å².